The highest BCUT2D eigenvalue weighted by atomic mass is 16.3. The molecule has 0 aliphatic heterocycles. The topological polar surface area (TPSA) is 37.3 Å². The first-order valence-electron chi connectivity index (χ1n) is 10.9. The largest absolute Gasteiger partial charge is 0.393 e. The third-order valence-corrected chi connectivity index (χ3v) is 4.91. The van der Waals surface area contributed by atoms with Gasteiger partial charge in [0, 0.05) is 12.8 Å². The van der Waals surface area contributed by atoms with Crippen LogP contribution in [0.3, 0.4) is 0 Å². The highest BCUT2D eigenvalue weighted by Crippen LogP contribution is 2.14. The first-order valence-corrected chi connectivity index (χ1v) is 10.9. The predicted octanol–water partition coefficient (Wildman–Crippen LogP) is 6.98. The van der Waals surface area contributed by atoms with Crippen LogP contribution in [-0.2, 0) is 4.79 Å². The molecular weight excluding hydrogens is 296 g/mol. The first kappa shape index (κ1) is 23.6. The van der Waals surface area contributed by atoms with Crippen LogP contribution >= 0.6 is 0 Å². The molecular formula is C22H44O2. The Kier molecular flexibility index (Phi) is 18.7. The molecule has 1 atom stereocenters. The maximum absolute atomic E-state index is 11.7. The van der Waals surface area contributed by atoms with Crippen LogP contribution in [0.4, 0.5) is 0 Å². The second kappa shape index (κ2) is 19.0. The van der Waals surface area contributed by atoms with Crippen LogP contribution in [0.25, 0.3) is 0 Å². The molecule has 0 aliphatic rings. The highest BCUT2D eigenvalue weighted by molar-refractivity contribution is 5.78. The van der Waals surface area contributed by atoms with Gasteiger partial charge in [-0.3, -0.25) is 4.79 Å². The van der Waals surface area contributed by atoms with E-state index < -0.39 is 6.10 Å². The summed E-state index contributed by atoms with van der Waals surface area (Å²) in [5, 5.41) is 9.92. The first-order chi connectivity index (χ1) is 11.7. The fraction of sp³-hybridized carbons (Fsp3) is 0.955. The summed E-state index contributed by atoms with van der Waals surface area (Å²) in [4.78, 5) is 11.7. The van der Waals surface area contributed by atoms with E-state index in [0.29, 0.717) is 12.8 Å². The van der Waals surface area contributed by atoms with Crippen molar-refractivity contribution < 1.29 is 9.90 Å². The second-order valence-electron chi connectivity index (χ2n) is 7.53. The van der Waals surface area contributed by atoms with Crippen LogP contribution in [0.1, 0.15) is 129 Å². The summed E-state index contributed by atoms with van der Waals surface area (Å²) in [6.45, 7) is 4.41. The minimum Gasteiger partial charge on any atom is -0.393 e. The minimum absolute atomic E-state index is 0.245. The van der Waals surface area contributed by atoms with Gasteiger partial charge in [0.15, 0.2) is 0 Å². The summed E-state index contributed by atoms with van der Waals surface area (Å²) in [5.41, 5.74) is 0. The van der Waals surface area contributed by atoms with E-state index in [0.717, 1.165) is 32.1 Å². The molecule has 0 radical (unpaired) electrons. The Hall–Kier alpha value is -0.370. The number of ketones is 1. The van der Waals surface area contributed by atoms with E-state index in [1.807, 2.05) is 0 Å². The average Bonchev–Trinajstić information content (AvgIpc) is 2.56. The Morgan fingerprint density at radius 1 is 0.667 bits per heavy atom. The molecule has 0 aromatic rings. The Balaban J connectivity index is 3.24. The van der Waals surface area contributed by atoms with Gasteiger partial charge in [-0.1, -0.05) is 104 Å². The van der Waals surface area contributed by atoms with Crippen LogP contribution in [0, 0.1) is 0 Å². The van der Waals surface area contributed by atoms with Crippen molar-refractivity contribution >= 4 is 5.78 Å². The van der Waals surface area contributed by atoms with E-state index in [1.165, 1.54) is 70.6 Å². The summed E-state index contributed by atoms with van der Waals surface area (Å²) >= 11 is 0. The minimum atomic E-state index is -0.401. The fourth-order valence-electron chi connectivity index (χ4n) is 3.26. The van der Waals surface area contributed by atoms with Crippen molar-refractivity contribution in [2.75, 3.05) is 0 Å². The van der Waals surface area contributed by atoms with Crippen molar-refractivity contribution in [1.29, 1.82) is 0 Å². The standard InChI is InChI=1S/C22H44O2/c1-3-5-7-8-9-10-11-12-13-14-15-17-19-22(24)20-21(23)18-16-6-4-2/h22,24H,3-20H2,1-2H3. The van der Waals surface area contributed by atoms with E-state index in [9.17, 15) is 9.90 Å². The molecule has 144 valence electrons. The molecule has 0 bridgehead atoms. The van der Waals surface area contributed by atoms with Gasteiger partial charge in [0.05, 0.1) is 6.10 Å². The van der Waals surface area contributed by atoms with Gasteiger partial charge < -0.3 is 5.11 Å². The molecule has 0 spiro atoms. The van der Waals surface area contributed by atoms with E-state index in [-0.39, 0.29) is 5.78 Å². The highest BCUT2D eigenvalue weighted by Gasteiger charge is 2.10. The maximum Gasteiger partial charge on any atom is 0.135 e. The number of aliphatic hydroxyl groups is 1. The van der Waals surface area contributed by atoms with Gasteiger partial charge >= 0.3 is 0 Å². The molecule has 0 aromatic carbocycles. The summed E-state index contributed by atoms with van der Waals surface area (Å²) in [5.74, 6) is 0.245. The van der Waals surface area contributed by atoms with Crippen LogP contribution in [0.2, 0.25) is 0 Å². The number of hydrogen-bond acceptors (Lipinski definition) is 2. The number of rotatable bonds is 19. The van der Waals surface area contributed by atoms with E-state index in [2.05, 4.69) is 13.8 Å². The predicted molar refractivity (Wildman–Crippen MR) is 105 cm³/mol. The second-order valence-corrected chi connectivity index (χ2v) is 7.53. The summed E-state index contributed by atoms with van der Waals surface area (Å²) in [6.07, 6.45) is 20.7. The molecule has 0 saturated heterocycles. The Morgan fingerprint density at radius 3 is 1.58 bits per heavy atom. The summed E-state index contributed by atoms with van der Waals surface area (Å²) < 4.78 is 0. The Bertz CT molecular complexity index is 263. The van der Waals surface area contributed by atoms with Crippen LogP contribution in [-0.4, -0.2) is 17.0 Å². The van der Waals surface area contributed by atoms with Gasteiger partial charge in [-0.25, -0.2) is 0 Å². The van der Waals surface area contributed by atoms with Crippen molar-refractivity contribution in [2.45, 2.75) is 136 Å². The lowest BCUT2D eigenvalue weighted by Gasteiger charge is -2.09. The van der Waals surface area contributed by atoms with Gasteiger partial charge in [0.2, 0.25) is 0 Å². The lowest BCUT2D eigenvalue weighted by molar-refractivity contribution is -0.121. The maximum atomic E-state index is 11.7. The fourth-order valence-corrected chi connectivity index (χ4v) is 3.26. The van der Waals surface area contributed by atoms with Gasteiger partial charge in [-0.05, 0) is 12.8 Å². The zero-order valence-electron chi connectivity index (χ0n) is 16.7. The van der Waals surface area contributed by atoms with E-state index in [1.54, 1.807) is 0 Å². The normalized spacial score (nSPS) is 12.5. The van der Waals surface area contributed by atoms with Crippen molar-refractivity contribution in [3.63, 3.8) is 0 Å². The number of carbonyl (C=O) groups is 1. The molecule has 0 heterocycles. The van der Waals surface area contributed by atoms with Crippen LogP contribution in [0.15, 0.2) is 0 Å². The molecule has 1 N–H and O–H groups in total. The number of Topliss-reactive ketones (excluding diaryl/α,β-unsaturated/α-hetero) is 1. The third kappa shape index (κ3) is 18.0. The van der Waals surface area contributed by atoms with Crippen LogP contribution < -0.4 is 0 Å². The number of unbranched alkanes of at least 4 members (excludes halogenated alkanes) is 13. The molecule has 2 heteroatoms. The van der Waals surface area contributed by atoms with Crippen molar-refractivity contribution in [3.8, 4) is 0 Å². The van der Waals surface area contributed by atoms with Crippen LogP contribution in [0.5, 0.6) is 0 Å². The molecule has 0 amide bonds. The van der Waals surface area contributed by atoms with Gasteiger partial charge in [0.25, 0.3) is 0 Å². The number of hydrogen-bond donors (Lipinski definition) is 1. The van der Waals surface area contributed by atoms with Gasteiger partial charge in [-0.15, -0.1) is 0 Å². The summed E-state index contributed by atoms with van der Waals surface area (Å²) in [7, 11) is 0. The SMILES string of the molecule is CCCCCCCCCCCCCCC(O)CC(=O)CCCCC. The molecule has 1 unspecified atom stereocenters. The molecule has 0 aliphatic carbocycles. The number of carbonyl (C=O) groups excluding carboxylic acids is 1. The molecule has 0 rings (SSSR count). The Morgan fingerprint density at radius 2 is 1.08 bits per heavy atom. The molecule has 0 saturated carbocycles. The van der Waals surface area contributed by atoms with E-state index in [4.69, 9.17) is 0 Å². The Labute approximate surface area is 151 Å². The van der Waals surface area contributed by atoms with Gasteiger partial charge in [-0.2, -0.15) is 0 Å². The van der Waals surface area contributed by atoms with E-state index >= 15 is 0 Å². The van der Waals surface area contributed by atoms with Crippen molar-refractivity contribution in [1.82, 2.24) is 0 Å². The summed E-state index contributed by atoms with van der Waals surface area (Å²) in [6, 6.07) is 0. The zero-order valence-corrected chi connectivity index (χ0v) is 16.7. The molecule has 2 nitrogen and oxygen atoms in total. The number of aliphatic hydroxyl groups excluding tert-OH is 1. The van der Waals surface area contributed by atoms with Crippen molar-refractivity contribution in [3.05, 3.63) is 0 Å². The lowest BCUT2D eigenvalue weighted by atomic mass is 10.0. The quantitative estimate of drug-likeness (QED) is 0.258. The van der Waals surface area contributed by atoms with Gasteiger partial charge in [0.1, 0.15) is 5.78 Å². The molecule has 24 heavy (non-hydrogen) atoms. The molecule has 0 fully saturated rings. The zero-order chi connectivity index (χ0) is 17.9. The third-order valence-electron chi connectivity index (χ3n) is 4.91. The smallest absolute Gasteiger partial charge is 0.135 e. The lowest BCUT2D eigenvalue weighted by Crippen LogP contribution is -2.13. The molecule has 0 aromatic heterocycles. The average molecular weight is 341 g/mol. The van der Waals surface area contributed by atoms with Crippen molar-refractivity contribution in [2.24, 2.45) is 0 Å². The monoisotopic (exact) mass is 340 g/mol.